The Balaban J connectivity index is 1.70. The number of benzene rings is 1. The molecule has 1 amide bonds. The van der Waals surface area contributed by atoms with Crippen LogP contribution in [0, 0.1) is 11.7 Å². The van der Waals surface area contributed by atoms with Gasteiger partial charge in [-0.25, -0.2) is 9.37 Å². The van der Waals surface area contributed by atoms with Gasteiger partial charge in [0.15, 0.2) is 5.13 Å². The van der Waals surface area contributed by atoms with Crippen molar-refractivity contribution in [3.63, 3.8) is 0 Å². The number of anilines is 1. The molecule has 4 nitrogen and oxygen atoms in total. The van der Waals surface area contributed by atoms with Gasteiger partial charge in [0.1, 0.15) is 17.1 Å². The molecule has 25 heavy (non-hydrogen) atoms. The molecule has 2 aromatic heterocycles. The summed E-state index contributed by atoms with van der Waals surface area (Å²) in [5, 5.41) is 0.534. The van der Waals surface area contributed by atoms with Gasteiger partial charge in [-0.05, 0) is 37.1 Å². The third-order valence-electron chi connectivity index (χ3n) is 4.70. The molecule has 2 heterocycles. The van der Waals surface area contributed by atoms with Crippen molar-refractivity contribution in [3.05, 3.63) is 48.2 Å². The van der Waals surface area contributed by atoms with Gasteiger partial charge >= 0.3 is 0 Å². The zero-order chi connectivity index (χ0) is 17.2. The van der Waals surface area contributed by atoms with Crippen LogP contribution in [0.3, 0.4) is 0 Å². The first kappa shape index (κ1) is 16.3. The molecule has 0 saturated heterocycles. The average Bonchev–Trinajstić information content (AvgIpc) is 3.30. The quantitative estimate of drug-likeness (QED) is 0.648. The lowest BCUT2D eigenvalue weighted by Gasteiger charge is -2.27. The zero-order valence-electron chi connectivity index (χ0n) is 13.8. The summed E-state index contributed by atoms with van der Waals surface area (Å²) in [4.78, 5) is 19.2. The summed E-state index contributed by atoms with van der Waals surface area (Å²) >= 11 is 1.35. The van der Waals surface area contributed by atoms with Crippen LogP contribution in [-0.2, 0) is 11.3 Å². The van der Waals surface area contributed by atoms with Crippen LogP contribution in [0.4, 0.5) is 9.52 Å². The molecule has 1 fully saturated rings. The fourth-order valence-corrected chi connectivity index (χ4v) is 4.37. The normalized spacial score (nSPS) is 15.6. The maximum atomic E-state index is 14.0. The van der Waals surface area contributed by atoms with E-state index in [4.69, 9.17) is 4.42 Å². The first-order valence-electron chi connectivity index (χ1n) is 8.61. The number of fused-ring (bicyclic) bond motifs is 1. The number of thiazole rings is 1. The Morgan fingerprint density at radius 3 is 2.80 bits per heavy atom. The van der Waals surface area contributed by atoms with Gasteiger partial charge in [0.2, 0.25) is 5.91 Å². The van der Waals surface area contributed by atoms with E-state index >= 15 is 0 Å². The molecule has 0 unspecified atom stereocenters. The number of para-hydroxylation sites is 1. The van der Waals surface area contributed by atoms with E-state index in [-0.39, 0.29) is 17.6 Å². The highest BCUT2D eigenvalue weighted by Gasteiger charge is 2.29. The standard InChI is InChI=1S/C19H19FN2O2S/c20-15-9-4-10-16-17(15)21-19(25-16)22(12-14-8-5-11-24-14)18(23)13-6-2-1-3-7-13/h4-5,8-11,13H,1-3,6-7,12H2. The van der Waals surface area contributed by atoms with E-state index in [9.17, 15) is 9.18 Å². The number of halogens is 1. The average molecular weight is 358 g/mol. The van der Waals surface area contributed by atoms with Gasteiger partial charge in [0.05, 0.1) is 17.5 Å². The van der Waals surface area contributed by atoms with Crippen LogP contribution in [0.2, 0.25) is 0 Å². The lowest BCUT2D eigenvalue weighted by molar-refractivity contribution is -0.123. The number of carbonyl (C=O) groups is 1. The third-order valence-corrected chi connectivity index (χ3v) is 5.75. The molecule has 6 heteroatoms. The zero-order valence-corrected chi connectivity index (χ0v) is 14.6. The highest BCUT2D eigenvalue weighted by Crippen LogP contribution is 2.34. The van der Waals surface area contributed by atoms with E-state index in [1.54, 1.807) is 23.3 Å². The Kier molecular flexibility index (Phi) is 4.53. The largest absolute Gasteiger partial charge is 0.467 e. The summed E-state index contributed by atoms with van der Waals surface area (Å²) in [6, 6.07) is 8.53. The number of furan rings is 1. The Labute approximate surface area is 149 Å². The van der Waals surface area contributed by atoms with Crippen molar-refractivity contribution in [2.24, 2.45) is 5.92 Å². The Morgan fingerprint density at radius 1 is 1.24 bits per heavy atom. The molecule has 0 radical (unpaired) electrons. The van der Waals surface area contributed by atoms with Gasteiger partial charge < -0.3 is 4.42 Å². The van der Waals surface area contributed by atoms with Crippen molar-refractivity contribution in [1.29, 1.82) is 0 Å². The van der Waals surface area contributed by atoms with Gasteiger partial charge in [-0.3, -0.25) is 9.69 Å². The van der Waals surface area contributed by atoms with Crippen molar-refractivity contribution >= 4 is 32.6 Å². The van der Waals surface area contributed by atoms with E-state index in [0.29, 0.717) is 23.0 Å². The second-order valence-corrected chi connectivity index (χ2v) is 7.43. The first-order chi connectivity index (χ1) is 12.2. The molecule has 0 N–H and O–H groups in total. The first-order valence-corrected chi connectivity index (χ1v) is 9.43. The summed E-state index contributed by atoms with van der Waals surface area (Å²) in [6.07, 6.45) is 6.77. The van der Waals surface area contributed by atoms with Crippen LogP contribution in [-0.4, -0.2) is 10.9 Å². The van der Waals surface area contributed by atoms with E-state index < -0.39 is 0 Å². The fourth-order valence-electron chi connectivity index (χ4n) is 3.39. The van der Waals surface area contributed by atoms with E-state index in [2.05, 4.69) is 4.98 Å². The highest BCUT2D eigenvalue weighted by molar-refractivity contribution is 7.22. The second-order valence-electron chi connectivity index (χ2n) is 6.42. The second kappa shape index (κ2) is 6.96. The van der Waals surface area contributed by atoms with Gasteiger partial charge in [-0.1, -0.05) is 36.7 Å². The minimum Gasteiger partial charge on any atom is -0.467 e. The van der Waals surface area contributed by atoms with E-state index in [1.165, 1.54) is 23.8 Å². The Morgan fingerprint density at radius 2 is 2.08 bits per heavy atom. The Bertz CT molecular complexity index is 869. The van der Waals surface area contributed by atoms with Crippen molar-refractivity contribution in [2.75, 3.05) is 4.90 Å². The van der Waals surface area contributed by atoms with Crippen molar-refractivity contribution in [2.45, 2.75) is 38.6 Å². The number of amides is 1. The maximum absolute atomic E-state index is 14.0. The molecule has 1 aromatic carbocycles. The van der Waals surface area contributed by atoms with Gasteiger partial charge in [0, 0.05) is 5.92 Å². The minimum atomic E-state index is -0.358. The van der Waals surface area contributed by atoms with Crippen LogP contribution >= 0.6 is 11.3 Å². The van der Waals surface area contributed by atoms with Crippen LogP contribution in [0.1, 0.15) is 37.9 Å². The van der Waals surface area contributed by atoms with Crippen LogP contribution in [0.15, 0.2) is 41.0 Å². The molecular formula is C19H19FN2O2S. The molecule has 0 aliphatic heterocycles. The molecule has 0 bridgehead atoms. The topological polar surface area (TPSA) is 46.3 Å². The third kappa shape index (κ3) is 3.31. The lowest BCUT2D eigenvalue weighted by atomic mass is 9.88. The summed E-state index contributed by atoms with van der Waals surface area (Å²) in [5.74, 6) is 0.420. The van der Waals surface area contributed by atoms with Gasteiger partial charge in [-0.15, -0.1) is 0 Å². The predicted octanol–water partition coefficient (Wildman–Crippen LogP) is 5.14. The SMILES string of the molecule is O=C(C1CCCCC1)N(Cc1ccco1)c1nc2c(F)cccc2s1. The number of hydrogen-bond acceptors (Lipinski definition) is 4. The highest BCUT2D eigenvalue weighted by atomic mass is 32.1. The fraction of sp³-hybridized carbons (Fsp3) is 0.368. The van der Waals surface area contributed by atoms with Crippen molar-refractivity contribution in [3.8, 4) is 0 Å². The number of carbonyl (C=O) groups excluding carboxylic acids is 1. The monoisotopic (exact) mass is 358 g/mol. The van der Waals surface area contributed by atoms with Crippen LogP contribution < -0.4 is 4.90 Å². The van der Waals surface area contributed by atoms with Gasteiger partial charge in [-0.2, -0.15) is 0 Å². The lowest BCUT2D eigenvalue weighted by Crippen LogP contribution is -2.36. The summed E-state index contributed by atoms with van der Waals surface area (Å²) in [7, 11) is 0. The molecule has 3 aromatic rings. The predicted molar refractivity (Wildman–Crippen MR) is 96.1 cm³/mol. The summed E-state index contributed by atoms with van der Waals surface area (Å²) in [5.41, 5.74) is 0.323. The molecule has 1 aliphatic rings. The molecular weight excluding hydrogens is 339 g/mol. The molecule has 130 valence electrons. The number of rotatable bonds is 4. The van der Waals surface area contributed by atoms with Crippen LogP contribution in [0.5, 0.6) is 0 Å². The molecule has 4 rings (SSSR count). The summed E-state index contributed by atoms with van der Waals surface area (Å²) < 4.78 is 20.2. The number of hydrogen-bond donors (Lipinski definition) is 0. The maximum Gasteiger partial charge on any atom is 0.232 e. The van der Waals surface area contributed by atoms with Crippen molar-refractivity contribution < 1.29 is 13.6 Å². The molecule has 1 saturated carbocycles. The number of aromatic nitrogens is 1. The van der Waals surface area contributed by atoms with E-state index in [1.807, 2.05) is 12.1 Å². The minimum absolute atomic E-state index is 0.0144. The smallest absolute Gasteiger partial charge is 0.232 e. The molecule has 0 atom stereocenters. The summed E-state index contributed by atoms with van der Waals surface area (Å²) in [6.45, 7) is 0.323. The molecule has 1 aliphatic carbocycles. The van der Waals surface area contributed by atoms with E-state index in [0.717, 1.165) is 30.4 Å². The Hall–Kier alpha value is -2.21. The number of nitrogens with zero attached hydrogens (tertiary/aromatic N) is 2. The van der Waals surface area contributed by atoms with Crippen LogP contribution in [0.25, 0.3) is 10.2 Å². The van der Waals surface area contributed by atoms with Crippen molar-refractivity contribution in [1.82, 2.24) is 4.98 Å². The molecule has 0 spiro atoms. The van der Waals surface area contributed by atoms with Gasteiger partial charge in [0.25, 0.3) is 0 Å².